The van der Waals surface area contributed by atoms with E-state index in [0.29, 0.717) is 11.8 Å². The Hall–Kier alpha value is -0.120. The SMILES string of the molecule is CC(C)CC[C@H]1O[C@H]2C[C@@H](C)C[C@@H](O)[C@H]2[C@@]1(C)O. The maximum atomic E-state index is 10.7. The van der Waals surface area contributed by atoms with Crippen molar-refractivity contribution in [1.82, 2.24) is 0 Å². The molecule has 0 bridgehead atoms. The Bertz CT molecular complexity index is 287. The van der Waals surface area contributed by atoms with Gasteiger partial charge in [0.05, 0.1) is 23.9 Å². The van der Waals surface area contributed by atoms with Crippen molar-refractivity contribution >= 4 is 0 Å². The quantitative estimate of drug-likeness (QED) is 0.815. The van der Waals surface area contributed by atoms with E-state index in [4.69, 9.17) is 4.74 Å². The summed E-state index contributed by atoms with van der Waals surface area (Å²) in [5, 5.41) is 21.0. The molecule has 2 N–H and O–H groups in total. The molecule has 3 nitrogen and oxygen atoms in total. The fourth-order valence-corrected chi connectivity index (χ4v) is 3.76. The van der Waals surface area contributed by atoms with Gasteiger partial charge < -0.3 is 14.9 Å². The van der Waals surface area contributed by atoms with Gasteiger partial charge in [0.2, 0.25) is 0 Å². The molecular formula is C15H28O3. The van der Waals surface area contributed by atoms with Gasteiger partial charge in [-0.3, -0.25) is 0 Å². The van der Waals surface area contributed by atoms with Crippen LogP contribution in [0.4, 0.5) is 0 Å². The average Bonchev–Trinajstić information content (AvgIpc) is 2.46. The van der Waals surface area contributed by atoms with Crippen molar-refractivity contribution in [3.63, 3.8) is 0 Å². The minimum atomic E-state index is -0.876. The monoisotopic (exact) mass is 256 g/mol. The summed E-state index contributed by atoms with van der Waals surface area (Å²) in [5.41, 5.74) is -0.876. The molecule has 2 aliphatic rings. The second kappa shape index (κ2) is 5.10. The van der Waals surface area contributed by atoms with Crippen LogP contribution >= 0.6 is 0 Å². The molecule has 1 aliphatic heterocycles. The maximum absolute atomic E-state index is 10.7. The summed E-state index contributed by atoms with van der Waals surface area (Å²) >= 11 is 0. The minimum Gasteiger partial charge on any atom is -0.393 e. The standard InChI is InChI=1S/C15H28O3/c1-9(2)5-6-13-15(4,17)14-11(16)7-10(3)8-12(14)18-13/h9-14,16-17H,5-8H2,1-4H3/t10-,11+,12-,13+,14+,15-/m0/s1. The Morgan fingerprint density at radius 1 is 1.33 bits per heavy atom. The molecule has 1 aliphatic carbocycles. The molecule has 1 heterocycles. The highest BCUT2D eigenvalue weighted by Gasteiger charge is 2.56. The van der Waals surface area contributed by atoms with E-state index in [2.05, 4.69) is 20.8 Å². The fraction of sp³-hybridized carbons (Fsp3) is 1.00. The largest absolute Gasteiger partial charge is 0.393 e. The van der Waals surface area contributed by atoms with E-state index in [-0.39, 0.29) is 18.1 Å². The molecule has 1 saturated carbocycles. The van der Waals surface area contributed by atoms with Gasteiger partial charge in [0.25, 0.3) is 0 Å². The number of aliphatic hydroxyl groups is 2. The molecule has 0 aromatic rings. The Balaban J connectivity index is 2.07. The summed E-state index contributed by atoms with van der Waals surface area (Å²) in [7, 11) is 0. The van der Waals surface area contributed by atoms with Crippen molar-refractivity contribution in [2.75, 3.05) is 0 Å². The second-order valence-corrected chi connectivity index (χ2v) is 7.03. The van der Waals surface area contributed by atoms with Crippen molar-refractivity contribution in [1.29, 1.82) is 0 Å². The van der Waals surface area contributed by atoms with E-state index in [0.717, 1.165) is 25.7 Å². The molecule has 0 amide bonds. The van der Waals surface area contributed by atoms with Crippen LogP contribution in [0.5, 0.6) is 0 Å². The van der Waals surface area contributed by atoms with Gasteiger partial charge in [-0.25, -0.2) is 0 Å². The summed E-state index contributed by atoms with van der Waals surface area (Å²) in [5.74, 6) is 1.00. The number of hydrogen-bond acceptors (Lipinski definition) is 3. The van der Waals surface area contributed by atoms with E-state index >= 15 is 0 Å². The van der Waals surface area contributed by atoms with Gasteiger partial charge in [0.15, 0.2) is 0 Å². The van der Waals surface area contributed by atoms with E-state index in [1.165, 1.54) is 0 Å². The summed E-state index contributed by atoms with van der Waals surface area (Å²) in [6.45, 7) is 8.38. The Kier molecular flexibility index (Phi) is 4.05. The predicted octanol–water partition coefficient (Wildman–Crippen LogP) is 2.35. The lowest BCUT2D eigenvalue weighted by Crippen LogP contribution is -2.49. The van der Waals surface area contributed by atoms with Gasteiger partial charge in [-0.1, -0.05) is 20.8 Å². The number of rotatable bonds is 3. The third-order valence-electron chi connectivity index (χ3n) is 4.77. The molecule has 2 rings (SSSR count). The number of hydrogen-bond donors (Lipinski definition) is 2. The first-order valence-corrected chi connectivity index (χ1v) is 7.38. The molecule has 106 valence electrons. The zero-order chi connectivity index (χ0) is 13.5. The normalized spacial score (nSPS) is 48.5. The smallest absolute Gasteiger partial charge is 0.0957 e. The third kappa shape index (κ3) is 2.59. The van der Waals surface area contributed by atoms with Gasteiger partial charge in [-0.2, -0.15) is 0 Å². The molecule has 0 unspecified atom stereocenters. The van der Waals surface area contributed by atoms with Crippen LogP contribution in [-0.2, 0) is 4.74 Å². The summed E-state index contributed by atoms with van der Waals surface area (Å²) in [6.07, 6.45) is 3.21. The fourth-order valence-electron chi connectivity index (χ4n) is 3.76. The number of ether oxygens (including phenoxy) is 1. The van der Waals surface area contributed by atoms with Crippen molar-refractivity contribution in [3.05, 3.63) is 0 Å². The first-order valence-electron chi connectivity index (χ1n) is 7.38. The first kappa shape index (κ1) is 14.3. The van der Waals surface area contributed by atoms with Crippen LogP contribution in [0.25, 0.3) is 0 Å². The van der Waals surface area contributed by atoms with E-state index in [9.17, 15) is 10.2 Å². The van der Waals surface area contributed by atoms with Gasteiger partial charge in [0, 0.05) is 5.92 Å². The number of aliphatic hydroxyl groups excluding tert-OH is 1. The van der Waals surface area contributed by atoms with Crippen molar-refractivity contribution in [2.45, 2.75) is 77.3 Å². The molecule has 3 heteroatoms. The molecule has 0 aromatic carbocycles. The highest BCUT2D eigenvalue weighted by Crippen LogP contribution is 2.47. The Labute approximate surface area is 111 Å². The second-order valence-electron chi connectivity index (χ2n) is 7.03. The minimum absolute atomic E-state index is 0.0379. The summed E-state index contributed by atoms with van der Waals surface area (Å²) in [6, 6.07) is 0. The van der Waals surface area contributed by atoms with Crippen molar-refractivity contribution in [3.8, 4) is 0 Å². The van der Waals surface area contributed by atoms with Crippen LogP contribution in [-0.4, -0.2) is 34.1 Å². The Morgan fingerprint density at radius 2 is 2.00 bits per heavy atom. The third-order valence-corrected chi connectivity index (χ3v) is 4.77. The van der Waals surface area contributed by atoms with Crippen molar-refractivity contribution < 1.29 is 14.9 Å². The maximum Gasteiger partial charge on any atom is 0.0957 e. The lowest BCUT2D eigenvalue weighted by atomic mass is 9.71. The summed E-state index contributed by atoms with van der Waals surface area (Å²) in [4.78, 5) is 0. The molecule has 2 fully saturated rings. The zero-order valence-corrected chi connectivity index (χ0v) is 12.1. The first-order chi connectivity index (χ1) is 8.32. The molecule has 0 spiro atoms. The highest BCUT2D eigenvalue weighted by molar-refractivity contribution is 5.05. The molecule has 0 radical (unpaired) electrons. The summed E-state index contributed by atoms with van der Waals surface area (Å²) < 4.78 is 6.06. The van der Waals surface area contributed by atoms with E-state index in [1.54, 1.807) is 0 Å². The van der Waals surface area contributed by atoms with Crippen LogP contribution in [0.15, 0.2) is 0 Å². The zero-order valence-electron chi connectivity index (χ0n) is 12.1. The topological polar surface area (TPSA) is 49.7 Å². The lowest BCUT2D eigenvalue weighted by Gasteiger charge is -2.38. The Morgan fingerprint density at radius 3 is 2.61 bits per heavy atom. The van der Waals surface area contributed by atoms with Crippen LogP contribution in [0.3, 0.4) is 0 Å². The van der Waals surface area contributed by atoms with Crippen LogP contribution in [0.1, 0.15) is 53.4 Å². The molecule has 0 aromatic heterocycles. The highest BCUT2D eigenvalue weighted by atomic mass is 16.5. The van der Waals surface area contributed by atoms with Crippen molar-refractivity contribution in [2.24, 2.45) is 17.8 Å². The molecule has 1 saturated heterocycles. The van der Waals surface area contributed by atoms with Crippen LogP contribution in [0.2, 0.25) is 0 Å². The van der Waals surface area contributed by atoms with Gasteiger partial charge in [-0.05, 0) is 44.4 Å². The van der Waals surface area contributed by atoms with Gasteiger partial charge in [0.1, 0.15) is 0 Å². The number of fused-ring (bicyclic) bond motifs is 1. The molecule has 6 atom stereocenters. The van der Waals surface area contributed by atoms with E-state index < -0.39 is 11.7 Å². The van der Waals surface area contributed by atoms with Gasteiger partial charge >= 0.3 is 0 Å². The van der Waals surface area contributed by atoms with Gasteiger partial charge in [-0.15, -0.1) is 0 Å². The average molecular weight is 256 g/mol. The van der Waals surface area contributed by atoms with Crippen LogP contribution < -0.4 is 0 Å². The van der Waals surface area contributed by atoms with E-state index in [1.807, 2.05) is 6.92 Å². The predicted molar refractivity (Wildman–Crippen MR) is 71.3 cm³/mol. The van der Waals surface area contributed by atoms with Crippen LogP contribution in [0, 0.1) is 17.8 Å². The lowest BCUT2D eigenvalue weighted by molar-refractivity contribution is -0.0729. The molecule has 18 heavy (non-hydrogen) atoms. The molecular weight excluding hydrogens is 228 g/mol.